The van der Waals surface area contributed by atoms with E-state index in [4.69, 9.17) is 9.26 Å². The Hall–Kier alpha value is -2.22. The van der Waals surface area contributed by atoms with E-state index >= 15 is 0 Å². The smallest absolute Gasteiger partial charge is 0.357 e. The van der Waals surface area contributed by atoms with Gasteiger partial charge in [0.15, 0.2) is 10.8 Å². The summed E-state index contributed by atoms with van der Waals surface area (Å²) in [6.07, 6.45) is 0.148. The highest BCUT2D eigenvalue weighted by Crippen LogP contribution is 2.18. The Morgan fingerprint density at radius 1 is 1.43 bits per heavy atom. The van der Waals surface area contributed by atoms with Crippen LogP contribution in [0.4, 0.5) is 5.13 Å². The van der Waals surface area contributed by atoms with Gasteiger partial charge in [0.05, 0.1) is 18.7 Å². The van der Waals surface area contributed by atoms with E-state index in [1.54, 1.807) is 26.2 Å². The van der Waals surface area contributed by atoms with E-state index < -0.39 is 5.97 Å². The largest absolute Gasteiger partial charge is 0.461 e. The molecule has 0 aliphatic carbocycles. The highest BCUT2D eigenvalue weighted by molar-refractivity contribution is 7.14. The van der Waals surface area contributed by atoms with Gasteiger partial charge in [0.2, 0.25) is 5.91 Å². The SMILES string of the molecule is CCOC(=O)c1csc(NC(=O)Cc2c(C)noc2C)n1. The van der Waals surface area contributed by atoms with Crippen LogP contribution in [0.25, 0.3) is 0 Å². The fraction of sp³-hybridized carbons (Fsp3) is 0.385. The van der Waals surface area contributed by atoms with E-state index in [0.717, 1.165) is 5.56 Å². The second-order valence-corrected chi connectivity index (χ2v) is 5.14. The van der Waals surface area contributed by atoms with Gasteiger partial charge in [0.1, 0.15) is 5.76 Å². The van der Waals surface area contributed by atoms with Crippen molar-refractivity contribution in [2.24, 2.45) is 0 Å². The van der Waals surface area contributed by atoms with Crippen LogP contribution in [0.15, 0.2) is 9.90 Å². The molecule has 1 amide bonds. The minimum atomic E-state index is -0.500. The Balaban J connectivity index is 1.99. The summed E-state index contributed by atoms with van der Waals surface area (Å²) < 4.78 is 9.84. The minimum Gasteiger partial charge on any atom is -0.461 e. The van der Waals surface area contributed by atoms with Crippen LogP contribution in [0.5, 0.6) is 0 Å². The first-order valence-corrected chi connectivity index (χ1v) is 7.23. The number of aromatic nitrogens is 2. The first-order valence-electron chi connectivity index (χ1n) is 6.35. The summed E-state index contributed by atoms with van der Waals surface area (Å²) in [4.78, 5) is 27.5. The summed E-state index contributed by atoms with van der Waals surface area (Å²) in [5.41, 5.74) is 1.64. The fourth-order valence-corrected chi connectivity index (χ4v) is 2.40. The Labute approximate surface area is 125 Å². The number of nitrogens with zero attached hydrogens (tertiary/aromatic N) is 2. The van der Waals surface area contributed by atoms with Crippen LogP contribution in [0.1, 0.15) is 34.4 Å². The van der Waals surface area contributed by atoms with Gasteiger partial charge in [-0.15, -0.1) is 11.3 Å². The number of ether oxygens (including phenoxy) is 1. The van der Waals surface area contributed by atoms with E-state index in [1.165, 1.54) is 11.3 Å². The molecule has 2 rings (SSSR count). The third kappa shape index (κ3) is 3.66. The maximum absolute atomic E-state index is 12.0. The number of carbonyl (C=O) groups excluding carboxylic acids is 2. The van der Waals surface area contributed by atoms with Crippen LogP contribution < -0.4 is 5.32 Å². The molecule has 0 aliphatic rings. The molecule has 8 heteroatoms. The maximum atomic E-state index is 12.0. The van der Waals surface area contributed by atoms with Crippen LogP contribution in [0, 0.1) is 13.8 Å². The lowest BCUT2D eigenvalue weighted by atomic mass is 10.1. The van der Waals surface area contributed by atoms with Gasteiger partial charge in [0.25, 0.3) is 0 Å². The van der Waals surface area contributed by atoms with Crippen molar-refractivity contribution in [2.45, 2.75) is 27.2 Å². The topological polar surface area (TPSA) is 94.3 Å². The van der Waals surface area contributed by atoms with Gasteiger partial charge < -0.3 is 14.6 Å². The van der Waals surface area contributed by atoms with E-state index in [2.05, 4.69) is 15.5 Å². The monoisotopic (exact) mass is 309 g/mol. The molecule has 112 valence electrons. The number of nitrogens with one attached hydrogen (secondary N) is 1. The molecule has 0 spiro atoms. The number of esters is 1. The molecule has 0 fully saturated rings. The third-order valence-corrected chi connectivity index (χ3v) is 3.51. The van der Waals surface area contributed by atoms with Crippen molar-refractivity contribution in [1.29, 1.82) is 0 Å². The molecule has 0 atom stereocenters. The Morgan fingerprint density at radius 3 is 2.81 bits per heavy atom. The summed E-state index contributed by atoms with van der Waals surface area (Å²) in [6, 6.07) is 0. The molecule has 0 bridgehead atoms. The molecule has 0 aliphatic heterocycles. The van der Waals surface area contributed by atoms with Crippen LogP contribution >= 0.6 is 11.3 Å². The zero-order valence-corrected chi connectivity index (χ0v) is 12.7. The number of rotatable bonds is 5. The molecule has 2 aromatic rings. The summed E-state index contributed by atoms with van der Waals surface area (Å²) in [5, 5.41) is 8.34. The van der Waals surface area contributed by atoms with Crippen molar-refractivity contribution in [2.75, 3.05) is 11.9 Å². The third-order valence-electron chi connectivity index (χ3n) is 2.75. The number of carbonyl (C=O) groups is 2. The quantitative estimate of drug-likeness (QED) is 0.850. The minimum absolute atomic E-state index is 0.148. The molecule has 2 heterocycles. The van der Waals surface area contributed by atoms with Gasteiger partial charge in [-0.3, -0.25) is 4.79 Å². The number of anilines is 1. The molecule has 0 saturated carbocycles. The van der Waals surface area contributed by atoms with E-state index in [0.29, 0.717) is 16.6 Å². The second-order valence-electron chi connectivity index (χ2n) is 4.29. The maximum Gasteiger partial charge on any atom is 0.357 e. The normalized spacial score (nSPS) is 10.4. The lowest BCUT2D eigenvalue weighted by molar-refractivity contribution is -0.115. The van der Waals surface area contributed by atoms with E-state index in [1.807, 2.05) is 0 Å². The summed E-state index contributed by atoms with van der Waals surface area (Å²) >= 11 is 1.17. The Bertz CT molecular complexity index is 643. The first-order chi connectivity index (χ1) is 10.0. The zero-order valence-electron chi connectivity index (χ0n) is 11.9. The van der Waals surface area contributed by atoms with Gasteiger partial charge in [0, 0.05) is 10.9 Å². The van der Waals surface area contributed by atoms with Crippen LogP contribution in [-0.2, 0) is 16.0 Å². The second kappa shape index (κ2) is 6.49. The van der Waals surface area contributed by atoms with Crippen molar-refractivity contribution in [3.63, 3.8) is 0 Å². The Kier molecular flexibility index (Phi) is 4.69. The molecule has 0 unspecified atom stereocenters. The number of hydrogen-bond donors (Lipinski definition) is 1. The number of aryl methyl sites for hydroxylation is 2. The average molecular weight is 309 g/mol. The van der Waals surface area contributed by atoms with Gasteiger partial charge in [-0.05, 0) is 20.8 Å². The van der Waals surface area contributed by atoms with Crippen molar-refractivity contribution in [1.82, 2.24) is 10.1 Å². The van der Waals surface area contributed by atoms with Crippen molar-refractivity contribution in [3.8, 4) is 0 Å². The molecule has 21 heavy (non-hydrogen) atoms. The van der Waals surface area contributed by atoms with E-state index in [-0.39, 0.29) is 24.6 Å². The molecular formula is C13H15N3O4S. The van der Waals surface area contributed by atoms with Crippen molar-refractivity contribution in [3.05, 3.63) is 28.1 Å². The highest BCUT2D eigenvalue weighted by atomic mass is 32.1. The first kappa shape index (κ1) is 15.2. The fourth-order valence-electron chi connectivity index (χ4n) is 1.71. The molecule has 0 radical (unpaired) electrons. The lowest BCUT2D eigenvalue weighted by Gasteiger charge is -2.01. The van der Waals surface area contributed by atoms with Crippen molar-refractivity contribution >= 4 is 28.3 Å². The number of hydrogen-bond acceptors (Lipinski definition) is 7. The predicted molar refractivity (Wildman–Crippen MR) is 76.4 cm³/mol. The van der Waals surface area contributed by atoms with Crippen LogP contribution in [0.2, 0.25) is 0 Å². The number of thiazole rings is 1. The summed E-state index contributed by atoms with van der Waals surface area (Å²) in [6.45, 7) is 5.53. The molecule has 1 N–H and O–H groups in total. The van der Waals surface area contributed by atoms with Gasteiger partial charge >= 0.3 is 5.97 Å². The summed E-state index contributed by atoms with van der Waals surface area (Å²) in [5.74, 6) is -0.122. The van der Waals surface area contributed by atoms with Crippen LogP contribution in [0.3, 0.4) is 0 Å². The summed E-state index contributed by atoms with van der Waals surface area (Å²) in [7, 11) is 0. The average Bonchev–Trinajstić information content (AvgIpc) is 3.01. The van der Waals surface area contributed by atoms with E-state index in [9.17, 15) is 9.59 Å². The molecule has 2 aromatic heterocycles. The van der Waals surface area contributed by atoms with Gasteiger partial charge in [-0.25, -0.2) is 9.78 Å². The molecule has 7 nitrogen and oxygen atoms in total. The molecule has 0 saturated heterocycles. The molecular weight excluding hydrogens is 294 g/mol. The predicted octanol–water partition coefficient (Wildman–Crippen LogP) is 2.11. The molecule has 0 aromatic carbocycles. The zero-order chi connectivity index (χ0) is 15.4. The van der Waals surface area contributed by atoms with Gasteiger partial charge in [-0.2, -0.15) is 0 Å². The lowest BCUT2D eigenvalue weighted by Crippen LogP contribution is -2.15. The van der Waals surface area contributed by atoms with Crippen molar-refractivity contribution < 1.29 is 18.8 Å². The Morgan fingerprint density at radius 2 is 2.19 bits per heavy atom. The number of amides is 1. The van der Waals surface area contributed by atoms with Crippen LogP contribution in [-0.4, -0.2) is 28.6 Å². The van der Waals surface area contributed by atoms with Gasteiger partial charge in [-0.1, -0.05) is 5.16 Å². The highest BCUT2D eigenvalue weighted by Gasteiger charge is 2.16. The standard InChI is InChI=1S/C13H15N3O4S/c1-4-19-12(18)10-6-21-13(14-10)15-11(17)5-9-7(2)16-20-8(9)3/h6H,4-5H2,1-3H3,(H,14,15,17).